The Bertz CT molecular complexity index is 812. The highest BCUT2D eigenvalue weighted by atomic mass is 32.2. The van der Waals surface area contributed by atoms with Crippen molar-refractivity contribution in [1.29, 1.82) is 0 Å². The summed E-state index contributed by atoms with van der Waals surface area (Å²) in [4.78, 5) is -0.0237. The zero-order valence-electron chi connectivity index (χ0n) is 14.9. The number of anilines is 2. The maximum absolute atomic E-state index is 12.6. The van der Waals surface area contributed by atoms with E-state index in [1.54, 1.807) is 13.2 Å². The highest BCUT2D eigenvalue weighted by Gasteiger charge is 2.21. The summed E-state index contributed by atoms with van der Waals surface area (Å²) < 4.78 is 42.7. The second-order valence-corrected chi connectivity index (χ2v) is 6.85. The SMILES string of the molecule is COCCCNc1ccc(NS(=O)(=O)c2ccc(OC)cc2OC)nn1. The Morgan fingerprint density at radius 3 is 2.35 bits per heavy atom. The Hall–Kier alpha value is -2.59. The van der Waals surface area contributed by atoms with Crippen LogP contribution in [0.25, 0.3) is 0 Å². The molecule has 0 unspecified atom stereocenters. The van der Waals surface area contributed by atoms with Crippen LogP contribution in [0.5, 0.6) is 11.5 Å². The summed E-state index contributed by atoms with van der Waals surface area (Å²) in [7, 11) is 0.624. The maximum Gasteiger partial charge on any atom is 0.266 e. The Morgan fingerprint density at radius 2 is 1.73 bits per heavy atom. The van der Waals surface area contributed by atoms with E-state index < -0.39 is 10.0 Å². The van der Waals surface area contributed by atoms with E-state index in [-0.39, 0.29) is 16.5 Å². The van der Waals surface area contributed by atoms with E-state index in [1.807, 2.05) is 0 Å². The minimum absolute atomic E-state index is 0.0237. The van der Waals surface area contributed by atoms with Gasteiger partial charge in [-0.25, -0.2) is 8.42 Å². The molecule has 0 atom stereocenters. The smallest absolute Gasteiger partial charge is 0.266 e. The average molecular weight is 382 g/mol. The van der Waals surface area contributed by atoms with Crippen LogP contribution in [-0.4, -0.2) is 53.1 Å². The molecule has 2 rings (SSSR count). The third-order valence-electron chi connectivity index (χ3n) is 3.40. The lowest BCUT2D eigenvalue weighted by Gasteiger charge is -2.12. The fraction of sp³-hybridized carbons (Fsp3) is 0.375. The highest BCUT2D eigenvalue weighted by Crippen LogP contribution is 2.29. The number of aromatic nitrogens is 2. The van der Waals surface area contributed by atoms with Crippen LogP contribution in [0.3, 0.4) is 0 Å². The van der Waals surface area contributed by atoms with Gasteiger partial charge in [-0.2, -0.15) is 0 Å². The molecule has 0 aliphatic rings. The van der Waals surface area contributed by atoms with Gasteiger partial charge in [0.2, 0.25) is 0 Å². The summed E-state index contributed by atoms with van der Waals surface area (Å²) >= 11 is 0. The largest absolute Gasteiger partial charge is 0.497 e. The number of nitrogens with zero attached hydrogens (tertiary/aromatic N) is 2. The monoisotopic (exact) mass is 382 g/mol. The van der Waals surface area contributed by atoms with E-state index in [9.17, 15) is 8.42 Å². The van der Waals surface area contributed by atoms with Crippen LogP contribution >= 0.6 is 0 Å². The molecule has 142 valence electrons. The summed E-state index contributed by atoms with van der Waals surface area (Å²) in [6, 6.07) is 7.60. The van der Waals surface area contributed by atoms with Gasteiger partial charge >= 0.3 is 0 Å². The van der Waals surface area contributed by atoms with Crippen LogP contribution in [-0.2, 0) is 14.8 Å². The molecule has 0 spiro atoms. The van der Waals surface area contributed by atoms with E-state index in [4.69, 9.17) is 14.2 Å². The first-order chi connectivity index (χ1) is 12.5. The van der Waals surface area contributed by atoms with Gasteiger partial charge in [0.25, 0.3) is 10.0 Å². The molecular weight excluding hydrogens is 360 g/mol. The third kappa shape index (κ3) is 5.20. The summed E-state index contributed by atoms with van der Waals surface area (Å²) in [5.41, 5.74) is 0. The molecule has 9 nitrogen and oxygen atoms in total. The molecular formula is C16H22N4O5S. The zero-order valence-corrected chi connectivity index (χ0v) is 15.7. The van der Waals surface area contributed by atoms with Gasteiger partial charge in [0.1, 0.15) is 22.2 Å². The molecule has 2 N–H and O–H groups in total. The van der Waals surface area contributed by atoms with Crippen LogP contribution in [0.4, 0.5) is 11.6 Å². The molecule has 0 radical (unpaired) electrons. The molecule has 0 fully saturated rings. The predicted octanol–water partition coefficient (Wildman–Crippen LogP) is 1.74. The Morgan fingerprint density at radius 1 is 1.00 bits per heavy atom. The normalized spacial score (nSPS) is 11.0. The lowest BCUT2D eigenvalue weighted by Crippen LogP contribution is -2.15. The average Bonchev–Trinajstić information content (AvgIpc) is 2.65. The maximum atomic E-state index is 12.6. The first kappa shape index (κ1) is 19.7. The molecule has 2 aromatic rings. The molecule has 1 heterocycles. The van der Waals surface area contributed by atoms with Crippen molar-refractivity contribution in [2.45, 2.75) is 11.3 Å². The Labute approximate surface area is 152 Å². The number of sulfonamides is 1. The summed E-state index contributed by atoms with van der Waals surface area (Å²) in [6.07, 6.45) is 0.823. The summed E-state index contributed by atoms with van der Waals surface area (Å²) in [5, 5.41) is 10.9. The Kier molecular flexibility index (Phi) is 6.98. The molecule has 26 heavy (non-hydrogen) atoms. The highest BCUT2D eigenvalue weighted by molar-refractivity contribution is 7.92. The van der Waals surface area contributed by atoms with Crippen molar-refractivity contribution in [1.82, 2.24) is 10.2 Å². The van der Waals surface area contributed by atoms with Crippen molar-refractivity contribution in [3.05, 3.63) is 30.3 Å². The van der Waals surface area contributed by atoms with Crippen LogP contribution in [0, 0.1) is 0 Å². The minimum atomic E-state index is -3.89. The lowest BCUT2D eigenvalue weighted by atomic mass is 10.3. The second kappa shape index (κ2) is 9.20. The quantitative estimate of drug-likeness (QED) is 0.598. The molecule has 10 heteroatoms. The van der Waals surface area contributed by atoms with Crippen molar-refractivity contribution in [2.75, 3.05) is 44.5 Å². The van der Waals surface area contributed by atoms with E-state index in [0.717, 1.165) is 6.42 Å². The molecule has 1 aromatic carbocycles. The van der Waals surface area contributed by atoms with Crippen molar-refractivity contribution < 1.29 is 22.6 Å². The van der Waals surface area contributed by atoms with Gasteiger partial charge < -0.3 is 19.5 Å². The molecule has 0 bridgehead atoms. The topological polar surface area (TPSA) is 112 Å². The second-order valence-electron chi connectivity index (χ2n) is 5.20. The van der Waals surface area contributed by atoms with Crippen molar-refractivity contribution in [3.8, 4) is 11.5 Å². The van der Waals surface area contributed by atoms with Gasteiger partial charge in [-0.05, 0) is 30.7 Å². The molecule has 0 saturated carbocycles. The van der Waals surface area contributed by atoms with Crippen molar-refractivity contribution >= 4 is 21.7 Å². The van der Waals surface area contributed by atoms with Crippen molar-refractivity contribution in [2.24, 2.45) is 0 Å². The molecule has 0 aliphatic carbocycles. The summed E-state index contributed by atoms with van der Waals surface area (Å²) in [6.45, 7) is 1.32. The van der Waals surface area contributed by atoms with Gasteiger partial charge in [0.15, 0.2) is 5.82 Å². The minimum Gasteiger partial charge on any atom is -0.497 e. The number of benzene rings is 1. The predicted molar refractivity (Wildman–Crippen MR) is 97.4 cm³/mol. The van der Waals surface area contributed by atoms with E-state index >= 15 is 0 Å². The lowest BCUT2D eigenvalue weighted by molar-refractivity contribution is 0.197. The van der Waals surface area contributed by atoms with Gasteiger partial charge in [-0.1, -0.05) is 0 Å². The van der Waals surface area contributed by atoms with E-state index in [1.165, 1.54) is 38.5 Å². The first-order valence-electron chi connectivity index (χ1n) is 7.81. The van der Waals surface area contributed by atoms with Crippen LogP contribution in [0.2, 0.25) is 0 Å². The van der Waals surface area contributed by atoms with Gasteiger partial charge in [-0.3, -0.25) is 4.72 Å². The number of hydrogen-bond acceptors (Lipinski definition) is 8. The number of methoxy groups -OCH3 is 3. The zero-order chi connectivity index (χ0) is 19.0. The number of ether oxygens (including phenoxy) is 3. The van der Waals surface area contributed by atoms with E-state index in [2.05, 4.69) is 20.2 Å². The first-order valence-corrected chi connectivity index (χ1v) is 9.30. The van der Waals surface area contributed by atoms with E-state index in [0.29, 0.717) is 24.7 Å². The Balaban J connectivity index is 2.09. The molecule has 1 aromatic heterocycles. The standard InChI is InChI=1S/C16H22N4O5S/c1-23-10-4-9-17-15-7-8-16(19-18-15)20-26(21,22)14-6-5-12(24-2)11-13(14)25-3/h5-8,11H,4,9-10H2,1-3H3,(H,17,18)(H,19,20). The molecule has 0 saturated heterocycles. The van der Waals surface area contributed by atoms with Gasteiger partial charge in [0, 0.05) is 26.3 Å². The molecule has 0 amide bonds. The number of hydrogen-bond donors (Lipinski definition) is 2. The van der Waals surface area contributed by atoms with Crippen LogP contribution < -0.4 is 19.5 Å². The third-order valence-corrected chi connectivity index (χ3v) is 4.79. The van der Waals surface area contributed by atoms with Gasteiger partial charge in [-0.15, -0.1) is 10.2 Å². The fourth-order valence-electron chi connectivity index (χ4n) is 2.10. The summed E-state index contributed by atoms with van der Waals surface area (Å²) in [5.74, 6) is 1.31. The van der Waals surface area contributed by atoms with Gasteiger partial charge in [0.05, 0.1) is 14.2 Å². The number of rotatable bonds is 10. The van der Waals surface area contributed by atoms with Crippen LogP contribution in [0.1, 0.15) is 6.42 Å². The van der Waals surface area contributed by atoms with Crippen molar-refractivity contribution in [3.63, 3.8) is 0 Å². The van der Waals surface area contributed by atoms with Crippen LogP contribution in [0.15, 0.2) is 35.2 Å². The number of nitrogens with one attached hydrogen (secondary N) is 2. The fourth-order valence-corrected chi connectivity index (χ4v) is 3.25. The molecule has 0 aliphatic heterocycles.